The second kappa shape index (κ2) is 8.20. The van der Waals surface area contributed by atoms with Gasteiger partial charge >= 0.3 is 0 Å². The summed E-state index contributed by atoms with van der Waals surface area (Å²) in [5.74, 6) is 0. The van der Waals surface area contributed by atoms with E-state index in [1.165, 1.54) is 38.2 Å². The molecule has 0 bridgehead atoms. The Balaban J connectivity index is 1.68. The van der Waals surface area contributed by atoms with E-state index in [2.05, 4.69) is 89.9 Å². The molecule has 156 valence electrons. The summed E-state index contributed by atoms with van der Waals surface area (Å²) in [7, 11) is 0. The summed E-state index contributed by atoms with van der Waals surface area (Å²) in [6.07, 6.45) is 1.83. The molecular weight excluding hydrogens is 422 g/mol. The van der Waals surface area contributed by atoms with Crippen molar-refractivity contribution in [3.63, 3.8) is 0 Å². The minimum atomic E-state index is 0.741. The SMILES string of the molecule is Clc1ccc(-c2c(-c3ccc(-c4ccccn4)cc3)c3ccccc3c3ccccc23)cc1. The summed E-state index contributed by atoms with van der Waals surface area (Å²) in [5.41, 5.74) is 6.89. The fourth-order valence-corrected chi connectivity index (χ4v) is 4.82. The van der Waals surface area contributed by atoms with Gasteiger partial charge in [0.1, 0.15) is 0 Å². The van der Waals surface area contributed by atoms with Crippen molar-refractivity contribution in [1.82, 2.24) is 4.98 Å². The molecule has 0 radical (unpaired) electrons. The number of nitrogens with zero attached hydrogens (tertiary/aromatic N) is 1. The van der Waals surface area contributed by atoms with Gasteiger partial charge in [-0.1, -0.05) is 103 Å². The molecule has 1 aromatic heterocycles. The number of benzene rings is 5. The molecule has 5 aromatic carbocycles. The van der Waals surface area contributed by atoms with Crippen LogP contribution in [-0.4, -0.2) is 4.98 Å². The maximum Gasteiger partial charge on any atom is 0.0701 e. The fraction of sp³-hybridized carbons (Fsp3) is 0. The van der Waals surface area contributed by atoms with Gasteiger partial charge in [0.2, 0.25) is 0 Å². The van der Waals surface area contributed by atoms with Crippen molar-refractivity contribution < 1.29 is 0 Å². The third-order valence-corrected chi connectivity index (χ3v) is 6.45. The molecule has 1 heterocycles. The first-order valence-electron chi connectivity index (χ1n) is 11.0. The van der Waals surface area contributed by atoms with E-state index in [-0.39, 0.29) is 0 Å². The average molecular weight is 442 g/mol. The van der Waals surface area contributed by atoms with Crippen LogP contribution in [0.4, 0.5) is 0 Å². The lowest BCUT2D eigenvalue weighted by Gasteiger charge is -2.19. The zero-order valence-corrected chi connectivity index (χ0v) is 18.6. The number of hydrogen-bond acceptors (Lipinski definition) is 1. The van der Waals surface area contributed by atoms with Crippen molar-refractivity contribution in [1.29, 1.82) is 0 Å². The number of fused-ring (bicyclic) bond motifs is 3. The van der Waals surface area contributed by atoms with Crippen LogP contribution in [0.15, 0.2) is 121 Å². The van der Waals surface area contributed by atoms with Gasteiger partial charge < -0.3 is 0 Å². The molecule has 0 saturated heterocycles. The Morgan fingerprint density at radius 3 is 1.39 bits per heavy atom. The second-order valence-corrected chi connectivity index (χ2v) is 8.58. The molecular formula is C31H20ClN. The van der Waals surface area contributed by atoms with Crippen LogP contribution in [0.25, 0.3) is 55.1 Å². The highest BCUT2D eigenvalue weighted by Crippen LogP contribution is 2.44. The summed E-state index contributed by atoms with van der Waals surface area (Å²) >= 11 is 6.24. The predicted molar refractivity (Wildman–Crippen MR) is 141 cm³/mol. The van der Waals surface area contributed by atoms with Gasteiger partial charge in [-0.25, -0.2) is 0 Å². The Hall–Kier alpha value is -3.94. The Labute approximate surface area is 197 Å². The Morgan fingerprint density at radius 1 is 0.424 bits per heavy atom. The van der Waals surface area contributed by atoms with Crippen molar-refractivity contribution in [3.8, 4) is 33.5 Å². The van der Waals surface area contributed by atoms with Crippen molar-refractivity contribution in [3.05, 3.63) is 126 Å². The lowest BCUT2D eigenvalue weighted by molar-refractivity contribution is 1.33. The summed E-state index contributed by atoms with van der Waals surface area (Å²) < 4.78 is 0. The van der Waals surface area contributed by atoms with Crippen LogP contribution in [-0.2, 0) is 0 Å². The molecule has 6 aromatic rings. The van der Waals surface area contributed by atoms with Gasteiger partial charge in [-0.15, -0.1) is 0 Å². The quantitative estimate of drug-likeness (QED) is 0.249. The first kappa shape index (κ1) is 19.7. The molecule has 0 aliphatic carbocycles. The molecule has 1 nitrogen and oxygen atoms in total. The highest BCUT2D eigenvalue weighted by atomic mass is 35.5. The first-order chi connectivity index (χ1) is 16.3. The molecule has 0 fully saturated rings. The Bertz CT molecular complexity index is 1590. The van der Waals surface area contributed by atoms with Gasteiger partial charge in [-0.2, -0.15) is 0 Å². The molecule has 0 amide bonds. The Kier molecular flexibility index (Phi) is 4.90. The van der Waals surface area contributed by atoms with Crippen LogP contribution < -0.4 is 0 Å². The van der Waals surface area contributed by atoms with Crippen LogP contribution in [0.1, 0.15) is 0 Å². The van der Waals surface area contributed by atoms with Gasteiger partial charge in [-0.05, 0) is 68.1 Å². The fourth-order valence-electron chi connectivity index (χ4n) is 4.70. The molecule has 0 N–H and O–H groups in total. The van der Waals surface area contributed by atoms with E-state index in [0.29, 0.717) is 0 Å². The number of hydrogen-bond donors (Lipinski definition) is 0. The van der Waals surface area contributed by atoms with Crippen LogP contribution in [0.3, 0.4) is 0 Å². The predicted octanol–water partition coefficient (Wildman–Crippen LogP) is 9.04. The highest BCUT2D eigenvalue weighted by Gasteiger charge is 2.17. The van der Waals surface area contributed by atoms with Gasteiger partial charge in [0.25, 0.3) is 0 Å². The third kappa shape index (κ3) is 3.47. The van der Waals surface area contributed by atoms with Crippen LogP contribution in [0.5, 0.6) is 0 Å². The lowest BCUT2D eigenvalue weighted by Crippen LogP contribution is -1.92. The Morgan fingerprint density at radius 2 is 0.879 bits per heavy atom. The number of halogens is 1. The normalized spacial score (nSPS) is 11.2. The first-order valence-corrected chi connectivity index (χ1v) is 11.4. The molecule has 0 unspecified atom stereocenters. The van der Waals surface area contributed by atoms with E-state index in [1.54, 1.807) is 0 Å². The van der Waals surface area contributed by atoms with E-state index in [1.807, 2.05) is 36.5 Å². The molecule has 0 aliphatic heterocycles. The maximum absolute atomic E-state index is 6.24. The number of pyridine rings is 1. The standard InChI is InChI=1S/C31H20ClN/c32-24-18-16-23(17-19-24)31-28-10-4-2-8-26(28)25-7-1-3-9-27(25)30(31)22-14-12-21(13-15-22)29-11-5-6-20-33-29/h1-20H. The summed E-state index contributed by atoms with van der Waals surface area (Å²) in [5, 5.41) is 5.74. The van der Waals surface area contributed by atoms with E-state index >= 15 is 0 Å². The van der Waals surface area contributed by atoms with Gasteiger partial charge in [0.15, 0.2) is 0 Å². The summed E-state index contributed by atoms with van der Waals surface area (Å²) in [4.78, 5) is 4.50. The molecule has 0 spiro atoms. The molecule has 6 rings (SSSR count). The van der Waals surface area contributed by atoms with Crippen LogP contribution in [0, 0.1) is 0 Å². The molecule has 33 heavy (non-hydrogen) atoms. The topological polar surface area (TPSA) is 12.9 Å². The van der Waals surface area contributed by atoms with E-state index in [9.17, 15) is 0 Å². The average Bonchev–Trinajstić information content (AvgIpc) is 2.89. The monoisotopic (exact) mass is 441 g/mol. The van der Waals surface area contributed by atoms with E-state index in [4.69, 9.17) is 11.6 Å². The summed E-state index contributed by atoms with van der Waals surface area (Å²) in [6.45, 7) is 0. The van der Waals surface area contributed by atoms with Crippen LogP contribution >= 0.6 is 11.6 Å². The van der Waals surface area contributed by atoms with Gasteiger partial charge in [-0.3, -0.25) is 4.98 Å². The number of aromatic nitrogens is 1. The second-order valence-electron chi connectivity index (χ2n) is 8.14. The smallest absolute Gasteiger partial charge is 0.0701 e. The highest BCUT2D eigenvalue weighted by molar-refractivity contribution is 6.30. The van der Waals surface area contributed by atoms with Gasteiger partial charge in [0, 0.05) is 16.8 Å². The van der Waals surface area contributed by atoms with Crippen molar-refractivity contribution in [2.75, 3.05) is 0 Å². The molecule has 0 saturated carbocycles. The van der Waals surface area contributed by atoms with Gasteiger partial charge in [0.05, 0.1) is 5.69 Å². The maximum atomic E-state index is 6.24. The minimum absolute atomic E-state index is 0.741. The number of rotatable bonds is 3. The molecule has 2 heteroatoms. The van der Waals surface area contributed by atoms with Crippen molar-refractivity contribution >= 4 is 33.1 Å². The molecule has 0 aliphatic rings. The van der Waals surface area contributed by atoms with E-state index < -0.39 is 0 Å². The van der Waals surface area contributed by atoms with Crippen LogP contribution in [0.2, 0.25) is 5.02 Å². The minimum Gasteiger partial charge on any atom is -0.256 e. The van der Waals surface area contributed by atoms with Crippen molar-refractivity contribution in [2.24, 2.45) is 0 Å². The van der Waals surface area contributed by atoms with E-state index in [0.717, 1.165) is 21.8 Å². The third-order valence-electron chi connectivity index (χ3n) is 6.20. The molecule has 0 atom stereocenters. The summed E-state index contributed by atoms with van der Waals surface area (Å²) in [6, 6.07) is 40.2. The largest absolute Gasteiger partial charge is 0.256 e. The van der Waals surface area contributed by atoms with Crippen molar-refractivity contribution in [2.45, 2.75) is 0 Å². The zero-order chi connectivity index (χ0) is 22.2. The lowest BCUT2D eigenvalue weighted by atomic mass is 9.85. The zero-order valence-electron chi connectivity index (χ0n) is 17.9.